The summed E-state index contributed by atoms with van der Waals surface area (Å²) in [4.78, 5) is 14.4. The molecule has 0 aliphatic heterocycles. The van der Waals surface area contributed by atoms with Crippen LogP contribution in [0.25, 0.3) is 0 Å². The van der Waals surface area contributed by atoms with Gasteiger partial charge in [0.2, 0.25) is 0 Å². The van der Waals surface area contributed by atoms with Crippen molar-refractivity contribution in [3.8, 4) is 0 Å². The molecule has 3 nitrogen and oxygen atoms in total. The van der Waals surface area contributed by atoms with Crippen LogP contribution in [0.4, 0.5) is 4.39 Å². The Morgan fingerprint density at radius 1 is 1.53 bits per heavy atom. The van der Waals surface area contributed by atoms with Gasteiger partial charge in [-0.05, 0) is 31.0 Å². The number of nitrogens with two attached hydrogens (primary N) is 1. The van der Waals surface area contributed by atoms with Gasteiger partial charge in [0.05, 0.1) is 10.0 Å². The van der Waals surface area contributed by atoms with Gasteiger partial charge in [0.15, 0.2) is 0 Å². The van der Waals surface area contributed by atoms with E-state index in [9.17, 15) is 9.18 Å². The van der Waals surface area contributed by atoms with E-state index in [0.717, 1.165) is 12.8 Å². The molecule has 0 spiro atoms. The standard InChI is InChI=1S/C13H14ClFN2OS/c14-10-4-1-8(7-11(10)15)13(18)17(9-2-3-9)6-5-12(16)19/h1,4,7,9H,2-3,5-6H2,(H2,16,19). The van der Waals surface area contributed by atoms with Crippen LogP contribution in [0.2, 0.25) is 5.02 Å². The van der Waals surface area contributed by atoms with Crippen molar-refractivity contribution in [2.75, 3.05) is 6.54 Å². The summed E-state index contributed by atoms with van der Waals surface area (Å²) in [5, 5.41) is 0.0117. The molecular weight excluding hydrogens is 287 g/mol. The minimum absolute atomic E-state index is 0.0117. The van der Waals surface area contributed by atoms with Crippen molar-refractivity contribution < 1.29 is 9.18 Å². The van der Waals surface area contributed by atoms with E-state index in [1.165, 1.54) is 18.2 Å². The quantitative estimate of drug-likeness (QED) is 0.851. The number of carbonyl (C=O) groups is 1. The molecule has 0 radical (unpaired) electrons. The Hall–Kier alpha value is -1.20. The fraction of sp³-hybridized carbons (Fsp3) is 0.385. The van der Waals surface area contributed by atoms with Crippen LogP contribution in [-0.2, 0) is 0 Å². The molecule has 2 N–H and O–H groups in total. The number of carbonyl (C=O) groups excluding carboxylic acids is 1. The molecule has 0 atom stereocenters. The Morgan fingerprint density at radius 3 is 2.74 bits per heavy atom. The predicted molar refractivity (Wildman–Crippen MR) is 76.9 cm³/mol. The van der Waals surface area contributed by atoms with Gasteiger partial charge in [-0.25, -0.2) is 4.39 Å². The fourth-order valence-corrected chi connectivity index (χ4v) is 2.07. The SMILES string of the molecule is NC(=S)CCN(C(=O)c1ccc(Cl)c(F)c1)C1CC1. The van der Waals surface area contributed by atoms with E-state index in [1.807, 2.05) is 0 Å². The second kappa shape index (κ2) is 5.84. The molecular formula is C13H14ClFN2OS. The number of hydrogen-bond acceptors (Lipinski definition) is 2. The van der Waals surface area contributed by atoms with Crippen LogP contribution in [0.15, 0.2) is 18.2 Å². The van der Waals surface area contributed by atoms with Gasteiger partial charge in [-0.2, -0.15) is 0 Å². The van der Waals surface area contributed by atoms with Crippen molar-refractivity contribution >= 4 is 34.7 Å². The molecule has 102 valence electrons. The zero-order valence-corrected chi connectivity index (χ0v) is 11.8. The van der Waals surface area contributed by atoms with Crippen molar-refractivity contribution in [1.82, 2.24) is 4.90 Å². The number of amides is 1. The first-order valence-corrected chi connectivity index (χ1v) is 6.82. The van der Waals surface area contributed by atoms with Gasteiger partial charge < -0.3 is 10.6 Å². The van der Waals surface area contributed by atoms with Crippen molar-refractivity contribution in [1.29, 1.82) is 0 Å². The normalized spacial score (nSPS) is 14.2. The Kier molecular flexibility index (Phi) is 4.37. The number of hydrogen-bond donors (Lipinski definition) is 1. The average Bonchev–Trinajstić information content (AvgIpc) is 3.16. The third-order valence-electron chi connectivity index (χ3n) is 3.01. The lowest BCUT2D eigenvalue weighted by atomic mass is 10.2. The van der Waals surface area contributed by atoms with E-state index in [2.05, 4.69) is 0 Å². The summed E-state index contributed by atoms with van der Waals surface area (Å²) < 4.78 is 13.4. The highest BCUT2D eigenvalue weighted by molar-refractivity contribution is 7.80. The van der Waals surface area contributed by atoms with E-state index in [-0.39, 0.29) is 17.0 Å². The predicted octanol–water partition coefficient (Wildman–Crippen LogP) is 2.76. The number of nitrogens with zero attached hydrogens (tertiary/aromatic N) is 1. The van der Waals surface area contributed by atoms with E-state index in [4.69, 9.17) is 29.6 Å². The Labute approximate surface area is 121 Å². The number of benzene rings is 1. The number of thiocarbonyl (C=S) groups is 1. The van der Waals surface area contributed by atoms with Crippen molar-refractivity contribution in [3.05, 3.63) is 34.6 Å². The Morgan fingerprint density at radius 2 is 2.21 bits per heavy atom. The molecule has 0 bridgehead atoms. The maximum atomic E-state index is 13.4. The van der Waals surface area contributed by atoms with Gasteiger partial charge in [0, 0.05) is 24.6 Å². The molecule has 1 amide bonds. The summed E-state index contributed by atoms with van der Waals surface area (Å²) in [7, 11) is 0. The molecule has 1 aromatic rings. The first-order valence-electron chi connectivity index (χ1n) is 6.03. The summed E-state index contributed by atoms with van der Waals surface area (Å²) in [6.07, 6.45) is 2.42. The zero-order valence-electron chi connectivity index (χ0n) is 10.2. The van der Waals surface area contributed by atoms with E-state index < -0.39 is 5.82 Å². The van der Waals surface area contributed by atoms with Crippen molar-refractivity contribution in [2.24, 2.45) is 5.73 Å². The summed E-state index contributed by atoms with van der Waals surface area (Å²) in [6.45, 7) is 0.475. The van der Waals surface area contributed by atoms with E-state index >= 15 is 0 Å². The highest BCUT2D eigenvalue weighted by atomic mass is 35.5. The van der Waals surface area contributed by atoms with Gasteiger partial charge in [-0.3, -0.25) is 4.79 Å². The van der Waals surface area contributed by atoms with Crippen molar-refractivity contribution in [2.45, 2.75) is 25.3 Å². The molecule has 0 saturated heterocycles. The highest BCUT2D eigenvalue weighted by Gasteiger charge is 2.32. The first-order chi connectivity index (χ1) is 8.99. The zero-order chi connectivity index (χ0) is 14.0. The molecule has 1 aliphatic rings. The molecule has 1 aromatic carbocycles. The van der Waals surface area contributed by atoms with Crippen LogP contribution in [0.5, 0.6) is 0 Å². The molecule has 0 heterocycles. The molecule has 1 fully saturated rings. The van der Waals surface area contributed by atoms with Crippen LogP contribution in [0.3, 0.4) is 0 Å². The maximum absolute atomic E-state index is 13.4. The van der Waals surface area contributed by atoms with Gasteiger partial charge >= 0.3 is 0 Å². The monoisotopic (exact) mass is 300 g/mol. The van der Waals surface area contributed by atoms with Crippen LogP contribution in [-0.4, -0.2) is 28.4 Å². The molecule has 1 saturated carbocycles. The van der Waals surface area contributed by atoms with Gasteiger partial charge in [-0.1, -0.05) is 23.8 Å². The Bertz CT molecular complexity index is 519. The minimum Gasteiger partial charge on any atom is -0.393 e. The largest absolute Gasteiger partial charge is 0.393 e. The molecule has 19 heavy (non-hydrogen) atoms. The second-order valence-corrected chi connectivity index (χ2v) is 5.51. The smallest absolute Gasteiger partial charge is 0.254 e. The third-order valence-corrected chi connectivity index (χ3v) is 3.52. The lowest BCUT2D eigenvalue weighted by Crippen LogP contribution is -2.35. The third kappa shape index (κ3) is 3.64. The van der Waals surface area contributed by atoms with Crippen LogP contribution in [0, 0.1) is 5.82 Å². The second-order valence-electron chi connectivity index (χ2n) is 4.57. The summed E-state index contributed by atoms with van der Waals surface area (Å²) in [5.41, 5.74) is 5.76. The average molecular weight is 301 g/mol. The van der Waals surface area contributed by atoms with Gasteiger partial charge in [-0.15, -0.1) is 0 Å². The topological polar surface area (TPSA) is 46.3 Å². The first kappa shape index (κ1) is 14.2. The van der Waals surface area contributed by atoms with E-state index in [1.54, 1.807) is 4.90 Å². The van der Waals surface area contributed by atoms with Crippen LogP contribution >= 0.6 is 23.8 Å². The molecule has 1 aliphatic carbocycles. The molecule has 0 unspecified atom stereocenters. The van der Waals surface area contributed by atoms with Crippen LogP contribution < -0.4 is 5.73 Å². The minimum atomic E-state index is -0.586. The fourth-order valence-electron chi connectivity index (χ4n) is 1.86. The lowest BCUT2D eigenvalue weighted by molar-refractivity contribution is 0.0747. The summed E-state index contributed by atoms with van der Waals surface area (Å²) in [6, 6.07) is 4.31. The highest BCUT2D eigenvalue weighted by Crippen LogP contribution is 2.29. The van der Waals surface area contributed by atoms with Gasteiger partial charge in [0.25, 0.3) is 5.91 Å². The van der Waals surface area contributed by atoms with Crippen molar-refractivity contribution in [3.63, 3.8) is 0 Å². The van der Waals surface area contributed by atoms with E-state index in [0.29, 0.717) is 23.5 Å². The van der Waals surface area contributed by atoms with Crippen LogP contribution in [0.1, 0.15) is 29.6 Å². The molecule has 2 rings (SSSR count). The summed E-state index contributed by atoms with van der Waals surface area (Å²) in [5.74, 6) is -0.785. The molecule has 6 heteroatoms. The van der Waals surface area contributed by atoms with Gasteiger partial charge in [0.1, 0.15) is 5.82 Å². The Balaban J connectivity index is 2.14. The number of halogens is 2. The lowest BCUT2D eigenvalue weighted by Gasteiger charge is -2.22. The maximum Gasteiger partial charge on any atom is 0.254 e. The number of rotatable bonds is 5. The molecule has 0 aromatic heterocycles. The summed E-state index contributed by atoms with van der Waals surface area (Å²) >= 11 is 10.4.